The summed E-state index contributed by atoms with van der Waals surface area (Å²) in [6, 6.07) is 18.8. The van der Waals surface area contributed by atoms with Crippen LogP contribution in [0.4, 0.5) is 0 Å². The molecule has 1 N–H and O–H groups in total. The maximum atomic E-state index is 12.3. The van der Waals surface area contributed by atoms with E-state index >= 15 is 0 Å². The number of fused-ring (bicyclic) bond motifs is 1. The Hall–Kier alpha value is -2.92. The molecule has 5 heteroatoms. The van der Waals surface area contributed by atoms with Gasteiger partial charge in [0.05, 0.1) is 6.20 Å². The van der Waals surface area contributed by atoms with Crippen molar-refractivity contribution in [3.63, 3.8) is 0 Å². The molecule has 0 fully saturated rings. The second-order valence-electron chi connectivity index (χ2n) is 7.63. The zero-order chi connectivity index (χ0) is 20.1. The molecule has 2 heterocycles. The lowest BCUT2D eigenvalue weighted by Crippen LogP contribution is -2.44. The maximum Gasteiger partial charge on any atom is 0.220 e. The number of nitrogens with zero attached hydrogens (tertiary/aromatic N) is 2. The van der Waals surface area contributed by atoms with Crippen molar-refractivity contribution in [2.75, 3.05) is 13.1 Å². The summed E-state index contributed by atoms with van der Waals surface area (Å²) in [6.45, 7) is 4.81. The van der Waals surface area contributed by atoms with Gasteiger partial charge in [0.25, 0.3) is 0 Å². The molecule has 4 rings (SSSR count). The van der Waals surface area contributed by atoms with Crippen molar-refractivity contribution in [1.29, 1.82) is 0 Å². The minimum Gasteiger partial charge on any atom is -0.441 e. The van der Waals surface area contributed by atoms with Crippen LogP contribution in [0.25, 0.3) is 11.3 Å². The minimum absolute atomic E-state index is 0.0359. The van der Waals surface area contributed by atoms with Crippen LogP contribution in [0.15, 0.2) is 65.2 Å². The first kappa shape index (κ1) is 19.4. The van der Waals surface area contributed by atoms with Gasteiger partial charge in [0.1, 0.15) is 0 Å². The van der Waals surface area contributed by atoms with Gasteiger partial charge in [-0.25, -0.2) is 4.98 Å². The van der Waals surface area contributed by atoms with Crippen molar-refractivity contribution in [2.24, 2.45) is 0 Å². The first-order chi connectivity index (χ1) is 14.2. The van der Waals surface area contributed by atoms with E-state index in [0.717, 1.165) is 30.8 Å². The molecule has 0 aliphatic carbocycles. The lowest BCUT2D eigenvalue weighted by molar-refractivity contribution is -0.121. The third-order valence-electron chi connectivity index (χ3n) is 5.56. The Kier molecular flexibility index (Phi) is 6.06. The first-order valence-corrected chi connectivity index (χ1v) is 10.3. The Morgan fingerprint density at radius 3 is 2.72 bits per heavy atom. The number of carbonyl (C=O) groups excluding carboxylic acids is 1. The van der Waals surface area contributed by atoms with Gasteiger partial charge in [-0.05, 0) is 24.5 Å². The van der Waals surface area contributed by atoms with Crippen molar-refractivity contribution in [3.8, 4) is 11.3 Å². The van der Waals surface area contributed by atoms with E-state index in [9.17, 15) is 4.79 Å². The standard InChI is InChI=1S/C24H27N3O2/c1-18(27-14-13-19-7-5-6-10-21(19)17-27)15-25-23(28)11-12-24-26-16-22(29-24)20-8-3-2-4-9-20/h2-10,16,18H,11-15,17H2,1H3,(H,25,28). The molecule has 5 nitrogen and oxygen atoms in total. The zero-order valence-electron chi connectivity index (χ0n) is 16.8. The molecule has 0 saturated heterocycles. The highest BCUT2D eigenvalue weighted by Gasteiger charge is 2.20. The maximum absolute atomic E-state index is 12.3. The van der Waals surface area contributed by atoms with Gasteiger partial charge < -0.3 is 9.73 Å². The largest absolute Gasteiger partial charge is 0.441 e. The van der Waals surface area contributed by atoms with Crippen LogP contribution in [-0.2, 0) is 24.2 Å². The summed E-state index contributed by atoms with van der Waals surface area (Å²) in [4.78, 5) is 19.0. The van der Waals surface area contributed by atoms with E-state index in [0.29, 0.717) is 31.3 Å². The molecule has 1 aliphatic rings. The SMILES string of the molecule is CC(CNC(=O)CCc1ncc(-c2ccccc2)o1)N1CCc2ccccc2C1. The van der Waals surface area contributed by atoms with E-state index in [1.807, 2.05) is 30.3 Å². The molecule has 29 heavy (non-hydrogen) atoms. The molecule has 0 radical (unpaired) electrons. The van der Waals surface area contributed by atoms with E-state index in [2.05, 4.69) is 46.4 Å². The summed E-state index contributed by atoms with van der Waals surface area (Å²) < 4.78 is 5.77. The average Bonchev–Trinajstić information content (AvgIpc) is 3.25. The Labute approximate surface area is 171 Å². The number of rotatable bonds is 7. The molecular formula is C24H27N3O2. The Morgan fingerprint density at radius 1 is 1.14 bits per heavy atom. The smallest absolute Gasteiger partial charge is 0.220 e. The van der Waals surface area contributed by atoms with Crippen molar-refractivity contribution in [2.45, 2.75) is 38.8 Å². The monoisotopic (exact) mass is 389 g/mol. The molecule has 2 aromatic carbocycles. The van der Waals surface area contributed by atoms with E-state index in [-0.39, 0.29) is 5.91 Å². The molecule has 1 atom stereocenters. The summed E-state index contributed by atoms with van der Waals surface area (Å²) in [6.07, 6.45) is 3.68. The van der Waals surface area contributed by atoms with Crippen LogP contribution in [0.5, 0.6) is 0 Å². The second-order valence-corrected chi connectivity index (χ2v) is 7.63. The summed E-state index contributed by atoms with van der Waals surface area (Å²) >= 11 is 0. The third kappa shape index (κ3) is 4.93. The molecule has 1 amide bonds. The molecule has 1 aromatic heterocycles. The number of nitrogens with one attached hydrogen (secondary N) is 1. The number of oxazole rings is 1. The van der Waals surface area contributed by atoms with Crippen molar-refractivity contribution in [3.05, 3.63) is 77.8 Å². The first-order valence-electron chi connectivity index (χ1n) is 10.3. The molecule has 150 valence electrons. The Bertz CT molecular complexity index is 952. The molecule has 0 spiro atoms. The van der Waals surface area contributed by atoms with Gasteiger partial charge in [0.15, 0.2) is 11.7 Å². The van der Waals surface area contributed by atoms with E-state index in [4.69, 9.17) is 4.42 Å². The molecule has 3 aromatic rings. The molecule has 1 aliphatic heterocycles. The van der Waals surface area contributed by atoms with Gasteiger partial charge in [-0.1, -0.05) is 54.6 Å². The van der Waals surface area contributed by atoms with Gasteiger partial charge in [0.2, 0.25) is 5.91 Å². The molecular weight excluding hydrogens is 362 g/mol. The van der Waals surface area contributed by atoms with Crippen LogP contribution in [0.3, 0.4) is 0 Å². The Morgan fingerprint density at radius 2 is 1.90 bits per heavy atom. The highest BCUT2D eigenvalue weighted by atomic mass is 16.4. The minimum atomic E-state index is 0.0359. The number of aromatic nitrogens is 1. The lowest BCUT2D eigenvalue weighted by Gasteiger charge is -2.33. The van der Waals surface area contributed by atoms with Gasteiger partial charge in [-0.15, -0.1) is 0 Å². The number of hydrogen-bond donors (Lipinski definition) is 1. The molecule has 0 bridgehead atoms. The van der Waals surface area contributed by atoms with Crippen molar-refractivity contribution in [1.82, 2.24) is 15.2 Å². The van der Waals surface area contributed by atoms with Crippen LogP contribution in [0.2, 0.25) is 0 Å². The number of aryl methyl sites for hydroxylation is 1. The topological polar surface area (TPSA) is 58.4 Å². The highest BCUT2D eigenvalue weighted by Crippen LogP contribution is 2.21. The predicted molar refractivity (Wildman–Crippen MR) is 113 cm³/mol. The summed E-state index contributed by atoms with van der Waals surface area (Å²) in [5, 5.41) is 3.06. The number of carbonyl (C=O) groups is 1. The van der Waals surface area contributed by atoms with Gasteiger partial charge in [-0.2, -0.15) is 0 Å². The number of amides is 1. The summed E-state index contributed by atoms with van der Waals surface area (Å²) in [5.74, 6) is 1.37. The fraction of sp³-hybridized carbons (Fsp3) is 0.333. The number of benzene rings is 2. The van der Waals surface area contributed by atoms with Crippen LogP contribution in [0.1, 0.15) is 30.4 Å². The van der Waals surface area contributed by atoms with Crippen LogP contribution >= 0.6 is 0 Å². The lowest BCUT2D eigenvalue weighted by atomic mass is 9.99. The fourth-order valence-electron chi connectivity index (χ4n) is 3.75. The fourth-order valence-corrected chi connectivity index (χ4v) is 3.75. The summed E-state index contributed by atoms with van der Waals surface area (Å²) in [5.41, 5.74) is 3.84. The van der Waals surface area contributed by atoms with E-state index in [1.54, 1.807) is 6.20 Å². The van der Waals surface area contributed by atoms with E-state index < -0.39 is 0 Å². The average molecular weight is 389 g/mol. The number of hydrogen-bond acceptors (Lipinski definition) is 4. The quantitative estimate of drug-likeness (QED) is 0.667. The van der Waals surface area contributed by atoms with Crippen LogP contribution < -0.4 is 5.32 Å². The second kappa shape index (κ2) is 9.05. The van der Waals surface area contributed by atoms with E-state index in [1.165, 1.54) is 11.1 Å². The summed E-state index contributed by atoms with van der Waals surface area (Å²) in [7, 11) is 0. The highest BCUT2D eigenvalue weighted by molar-refractivity contribution is 5.76. The van der Waals surface area contributed by atoms with Crippen LogP contribution in [-0.4, -0.2) is 34.9 Å². The van der Waals surface area contributed by atoms with Gasteiger partial charge >= 0.3 is 0 Å². The Balaban J connectivity index is 1.22. The molecule has 0 saturated carbocycles. The molecule has 1 unspecified atom stereocenters. The zero-order valence-corrected chi connectivity index (χ0v) is 16.8. The van der Waals surface area contributed by atoms with Crippen molar-refractivity contribution >= 4 is 5.91 Å². The van der Waals surface area contributed by atoms with Gasteiger partial charge in [-0.3, -0.25) is 9.69 Å². The third-order valence-corrected chi connectivity index (χ3v) is 5.56. The predicted octanol–water partition coefficient (Wildman–Crippen LogP) is 3.84. The van der Waals surface area contributed by atoms with Crippen LogP contribution in [0, 0.1) is 0 Å². The van der Waals surface area contributed by atoms with Gasteiger partial charge in [0, 0.05) is 44.1 Å². The normalized spacial score (nSPS) is 14.9. The van der Waals surface area contributed by atoms with Crippen molar-refractivity contribution < 1.29 is 9.21 Å².